The van der Waals surface area contributed by atoms with Crippen molar-refractivity contribution in [2.24, 2.45) is 0 Å². The summed E-state index contributed by atoms with van der Waals surface area (Å²) in [4.78, 5) is 32.9. The highest BCUT2D eigenvalue weighted by Gasteiger charge is 2.22. The van der Waals surface area contributed by atoms with E-state index in [1.807, 2.05) is 0 Å². The van der Waals surface area contributed by atoms with E-state index in [1.165, 1.54) is 6.92 Å². The van der Waals surface area contributed by atoms with Gasteiger partial charge in [-0.3, -0.25) is 19.7 Å². The predicted molar refractivity (Wildman–Crippen MR) is 56.5 cm³/mol. The number of carbonyl (C=O) groups excluding carboxylic acids is 3. The standard InChI is InChI=1S/C9H16N4O3/c1-6(14)10-2-3-11-9(16)7-4-13-8(15)5-12-7/h7,12H,2-5H2,1H3,(H,10,14)(H,11,16)(H,13,15). The molecule has 3 amide bonds. The fourth-order valence-corrected chi connectivity index (χ4v) is 1.30. The van der Waals surface area contributed by atoms with Gasteiger partial charge in [-0.2, -0.15) is 0 Å². The Morgan fingerprint density at radius 1 is 1.38 bits per heavy atom. The maximum Gasteiger partial charge on any atom is 0.239 e. The average molecular weight is 228 g/mol. The Labute approximate surface area is 93.3 Å². The molecule has 0 radical (unpaired) electrons. The zero-order valence-corrected chi connectivity index (χ0v) is 9.13. The Morgan fingerprint density at radius 2 is 2.06 bits per heavy atom. The number of piperazine rings is 1. The van der Waals surface area contributed by atoms with Crippen molar-refractivity contribution in [1.82, 2.24) is 21.3 Å². The van der Waals surface area contributed by atoms with Crippen LogP contribution < -0.4 is 21.3 Å². The molecule has 0 bridgehead atoms. The van der Waals surface area contributed by atoms with Crippen LogP contribution in [0.5, 0.6) is 0 Å². The molecule has 7 heteroatoms. The molecule has 1 unspecified atom stereocenters. The molecular weight excluding hydrogens is 212 g/mol. The maximum atomic E-state index is 11.5. The molecule has 0 aromatic carbocycles. The van der Waals surface area contributed by atoms with Crippen molar-refractivity contribution in [1.29, 1.82) is 0 Å². The molecular formula is C9H16N4O3. The lowest BCUT2D eigenvalue weighted by atomic mass is 10.2. The molecule has 1 saturated heterocycles. The first-order valence-electron chi connectivity index (χ1n) is 5.12. The first-order valence-corrected chi connectivity index (χ1v) is 5.12. The Bertz CT molecular complexity index is 282. The number of nitrogens with one attached hydrogen (secondary N) is 4. The van der Waals surface area contributed by atoms with Gasteiger partial charge >= 0.3 is 0 Å². The smallest absolute Gasteiger partial charge is 0.239 e. The Hall–Kier alpha value is -1.63. The highest BCUT2D eigenvalue weighted by molar-refractivity contribution is 5.86. The van der Waals surface area contributed by atoms with Gasteiger partial charge in [-0.15, -0.1) is 0 Å². The van der Waals surface area contributed by atoms with Crippen molar-refractivity contribution < 1.29 is 14.4 Å². The minimum absolute atomic E-state index is 0.109. The van der Waals surface area contributed by atoms with Gasteiger partial charge in [0.15, 0.2) is 0 Å². The minimum atomic E-state index is -0.393. The van der Waals surface area contributed by atoms with Crippen LogP contribution in [0, 0.1) is 0 Å². The van der Waals surface area contributed by atoms with Gasteiger partial charge in [0.05, 0.1) is 6.54 Å². The van der Waals surface area contributed by atoms with Gasteiger partial charge in [-0.05, 0) is 0 Å². The van der Waals surface area contributed by atoms with Gasteiger partial charge < -0.3 is 16.0 Å². The van der Waals surface area contributed by atoms with E-state index >= 15 is 0 Å². The van der Waals surface area contributed by atoms with E-state index in [2.05, 4.69) is 21.3 Å². The first-order chi connectivity index (χ1) is 7.59. The third-order valence-electron chi connectivity index (χ3n) is 2.13. The predicted octanol–water partition coefficient (Wildman–Crippen LogP) is -2.67. The maximum absolute atomic E-state index is 11.5. The molecule has 90 valence electrons. The SMILES string of the molecule is CC(=O)NCCNC(=O)C1CNC(=O)CN1. The zero-order chi connectivity index (χ0) is 12.0. The first kappa shape index (κ1) is 12.4. The Balaban J connectivity index is 2.15. The van der Waals surface area contributed by atoms with E-state index < -0.39 is 6.04 Å². The van der Waals surface area contributed by atoms with E-state index in [0.29, 0.717) is 19.6 Å². The second-order valence-corrected chi connectivity index (χ2v) is 3.51. The summed E-state index contributed by atoms with van der Waals surface area (Å²) < 4.78 is 0. The number of hydrogen-bond donors (Lipinski definition) is 4. The zero-order valence-electron chi connectivity index (χ0n) is 9.13. The fraction of sp³-hybridized carbons (Fsp3) is 0.667. The topological polar surface area (TPSA) is 99.3 Å². The van der Waals surface area contributed by atoms with Crippen molar-refractivity contribution in [3.63, 3.8) is 0 Å². The largest absolute Gasteiger partial charge is 0.355 e. The van der Waals surface area contributed by atoms with Gasteiger partial charge in [-0.25, -0.2) is 0 Å². The van der Waals surface area contributed by atoms with Crippen molar-refractivity contribution >= 4 is 17.7 Å². The van der Waals surface area contributed by atoms with E-state index in [4.69, 9.17) is 0 Å². The van der Waals surface area contributed by atoms with Crippen molar-refractivity contribution in [3.05, 3.63) is 0 Å². The lowest BCUT2D eigenvalue weighted by molar-refractivity contribution is -0.127. The molecule has 1 aliphatic heterocycles. The normalized spacial score (nSPS) is 19.8. The van der Waals surface area contributed by atoms with Crippen molar-refractivity contribution in [3.8, 4) is 0 Å². The number of carbonyl (C=O) groups is 3. The lowest BCUT2D eigenvalue weighted by Gasteiger charge is -2.23. The molecule has 16 heavy (non-hydrogen) atoms. The van der Waals surface area contributed by atoms with E-state index in [9.17, 15) is 14.4 Å². The number of rotatable bonds is 4. The second kappa shape index (κ2) is 6.06. The summed E-state index contributed by atoms with van der Waals surface area (Å²) in [5, 5.41) is 10.6. The Kier molecular flexibility index (Phi) is 4.71. The second-order valence-electron chi connectivity index (χ2n) is 3.51. The molecule has 0 spiro atoms. The summed E-state index contributed by atoms with van der Waals surface area (Å²) in [6, 6.07) is -0.393. The van der Waals surface area contributed by atoms with E-state index in [-0.39, 0.29) is 24.3 Å². The number of amides is 3. The highest BCUT2D eigenvalue weighted by atomic mass is 16.2. The summed E-state index contributed by atoms with van der Waals surface area (Å²) in [7, 11) is 0. The van der Waals surface area contributed by atoms with Crippen LogP contribution in [0.15, 0.2) is 0 Å². The minimum Gasteiger partial charge on any atom is -0.355 e. The summed E-state index contributed by atoms with van der Waals surface area (Å²) in [5.74, 6) is -0.412. The number of hydrogen-bond acceptors (Lipinski definition) is 4. The lowest BCUT2D eigenvalue weighted by Crippen LogP contribution is -2.58. The van der Waals surface area contributed by atoms with Crippen molar-refractivity contribution in [2.75, 3.05) is 26.2 Å². The molecule has 1 aliphatic rings. The van der Waals surface area contributed by atoms with Crippen LogP contribution >= 0.6 is 0 Å². The monoisotopic (exact) mass is 228 g/mol. The highest BCUT2D eigenvalue weighted by Crippen LogP contribution is 1.87. The van der Waals surface area contributed by atoms with Crippen LogP contribution in [0.1, 0.15) is 6.92 Å². The van der Waals surface area contributed by atoms with Crippen molar-refractivity contribution in [2.45, 2.75) is 13.0 Å². The van der Waals surface area contributed by atoms with E-state index in [1.54, 1.807) is 0 Å². The molecule has 0 aromatic rings. The molecule has 4 N–H and O–H groups in total. The third-order valence-corrected chi connectivity index (χ3v) is 2.13. The van der Waals surface area contributed by atoms with Crippen LogP contribution in [0.25, 0.3) is 0 Å². The molecule has 1 rings (SSSR count). The molecule has 7 nitrogen and oxygen atoms in total. The Morgan fingerprint density at radius 3 is 2.62 bits per heavy atom. The summed E-state index contributed by atoms with van der Waals surface area (Å²) in [5.41, 5.74) is 0. The molecule has 0 aliphatic carbocycles. The summed E-state index contributed by atoms with van der Waals surface area (Å²) in [6.45, 7) is 2.65. The fourth-order valence-electron chi connectivity index (χ4n) is 1.30. The molecule has 1 fully saturated rings. The molecule has 0 saturated carbocycles. The molecule has 1 atom stereocenters. The summed E-state index contributed by atoms with van der Waals surface area (Å²) >= 11 is 0. The van der Waals surface area contributed by atoms with Gasteiger partial charge in [0.1, 0.15) is 6.04 Å². The quantitative estimate of drug-likeness (QED) is 0.394. The average Bonchev–Trinajstić information content (AvgIpc) is 2.25. The van der Waals surface area contributed by atoms with Crippen LogP contribution in [0.4, 0.5) is 0 Å². The van der Waals surface area contributed by atoms with Crippen LogP contribution in [0.2, 0.25) is 0 Å². The summed E-state index contributed by atoms with van der Waals surface area (Å²) in [6.07, 6.45) is 0. The van der Waals surface area contributed by atoms with E-state index in [0.717, 1.165) is 0 Å². The van der Waals surface area contributed by atoms with Crippen LogP contribution in [0.3, 0.4) is 0 Å². The van der Waals surface area contributed by atoms with Gasteiger partial charge in [0, 0.05) is 26.6 Å². The van der Waals surface area contributed by atoms with Crippen LogP contribution in [-0.4, -0.2) is 49.9 Å². The molecule has 0 aromatic heterocycles. The van der Waals surface area contributed by atoms with Gasteiger partial charge in [0.25, 0.3) is 0 Å². The molecule has 1 heterocycles. The van der Waals surface area contributed by atoms with Gasteiger partial charge in [0.2, 0.25) is 17.7 Å². The van der Waals surface area contributed by atoms with Gasteiger partial charge in [-0.1, -0.05) is 0 Å². The van der Waals surface area contributed by atoms with Crippen LogP contribution in [-0.2, 0) is 14.4 Å². The third kappa shape index (κ3) is 4.26.